The first kappa shape index (κ1) is 15.8. The number of halogens is 3. The maximum Gasteiger partial charge on any atom is 0.391 e. The van der Waals surface area contributed by atoms with Crippen molar-refractivity contribution in [2.45, 2.75) is 25.6 Å². The van der Waals surface area contributed by atoms with Gasteiger partial charge in [-0.3, -0.25) is 4.79 Å². The second-order valence-electron chi connectivity index (χ2n) is 4.63. The van der Waals surface area contributed by atoms with E-state index in [9.17, 15) is 22.8 Å². The third-order valence-electron chi connectivity index (χ3n) is 2.78. The van der Waals surface area contributed by atoms with E-state index in [0.29, 0.717) is 11.2 Å². The number of aryl methyl sites for hydroxylation is 1. The zero-order chi connectivity index (χ0) is 16.5. The molecule has 1 amide bonds. The number of aliphatic carboxylic acids is 1. The predicted molar refractivity (Wildman–Crippen MR) is 68.3 cm³/mol. The largest absolute Gasteiger partial charge is 0.480 e. The Hall–Kier alpha value is -2.58. The highest BCUT2D eigenvalue weighted by Gasteiger charge is 2.36. The second-order valence-corrected chi connectivity index (χ2v) is 4.63. The average molecular weight is 316 g/mol. The van der Waals surface area contributed by atoms with Crippen molar-refractivity contribution in [3.63, 3.8) is 0 Å². The average Bonchev–Trinajstić information content (AvgIpc) is 2.79. The summed E-state index contributed by atoms with van der Waals surface area (Å²) in [6, 6.07) is 2.34. The third-order valence-corrected chi connectivity index (χ3v) is 2.78. The van der Waals surface area contributed by atoms with E-state index in [1.54, 1.807) is 24.4 Å². The summed E-state index contributed by atoms with van der Waals surface area (Å²) in [7, 11) is 0. The fraction of sp³-hybridized carbons (Fsp3) is 0.308. The molecule has 2 heterocycles. The number of carboxylic acid groups (broad SMARTS) is 1. The van der Waals surface area contributed by atoms with Gasteiger partial charge in [0.15, 0.2) is 11.3 Å². The van der Waals surface area contributed by atoms with Crippen LogP contribution in [0.5, 0.6) is 0 Å². The van der Waals surface area contributed by atoms with Crippen LogP contribution < -0.4 is 5.32 Å². The van der Waals surface area contributed by atoms with Gasteiger partial charge in [-0.15, -0.1) is 0 Å². The van der Waals surface area contributed by atoms with Crippen LogP contribution in [0.3, 0.4) is 0 Å². The first-order valence-electron chi connectivity index (χ1n) is 6.13. The van der Waals surface area contributed by atoms with Gasteiger partial charge in [-0.25, -0.2) is 9.78 Å². The summed E-state index contributed by atoms with van der Waals surface area (Å²) in [5.41, 5.74) is 1.30. The number of nitrogens with one attached hydrogen (secondary N) is 1. The molecule has 118 valence electrons. The lowest BCUT2D eigenvalue weighted by atomic mass is 10.2. The molecule has 0 saturated heterocycles. The number of nitrogens with zero attached hydrogens (tertiary/aromatic N) is 1. The summed E-state index contributed by atoms with van der Waals surface area (Å²) in [6.07, 6.45) is -6.39. The van der Waals surface area contributed by atoms with Crippen LogP contribution in [-0.2, 0) is 4.79 Å². The Labute approximate surface area is 121 Å². The van der Waals surface area contributed by atoms with Crippen LogP contribution >= 0.6 is 0 Å². The number of fused-ring (bicyclic) bond motifs is 1. The molecule has 2 N–H and O–H groups in total. The highest BCUT2D eigenvalue weighted by molar-refractivity contribution is 5.97. The number of rotatable bonds is 4. The lowest BCUT2D eigenvalue weighted by molar-refractivity contribution is -0.157. The number of carboxylic acids is 1. The van der Waals surface area contributed by atoms with Gasteiger partial charge >= 0.3 is 12.1 Å². The summed E-state index contributed by atoms with van der Waals surface area (Å²) in [6.45, 7) is 1.72. The van der Waals surface area contributed by atoms with Crippen molar-refractivity contribution in [2.75, 3.05) is 0 Å². The van der Waals surface area contributed by atoms with Crippen LogP contribution in [-0.4, -0.2) is 34.2 Å². The molecule has 0 aliphatic carbocycles. The molecular weight excluding hydrogens is 305 g/mol. The van der Waals surface area contributed by atoms with Gasteiger partial charge in [0.2, 0.25) is 0 Å². The Morgan fingerprint density at radius 1 is 1.41 bits per heavy atom. The zero-order valence-electron chi connectivity index (χ0n) is 11.3. The summed E-state index contributed by atoms with van der Waals surface area (Å²) in [5, 5.41) is 10.5. The molecule has 0 bridgehead atoms. The fourth-order valence-electron chi connectivity index (χ4n) is 1.80. The Balaban J connectivity index is 2.19. The minimum atomic E-state index is -4.72. The number of hydrogen-bond donors (Lipinski definition) is 2. The van der Waals surface area contributed by atoms with Gasteiger partial charge in [-0.1, -0.05) is 0 Å². The van der Waals surface area contributed by atoms with Crippen LogP contribution in [0.25, 0.3) is 11.1 Å². The number of amides is 1. The minimum Gasteiger partial charge on any atom is -0.480 e. The predicted octanol–water partition coefficient (Wildman–Crippen LogP) is 2.27. The van der Waals surface area contributed by atoms with Crippen LogP contribution in [0.15, 0.2) is 22.6 Å². The van der Waals surface area contributed by atoms with Crippen molar-refractivity contribution in [3.8, 4) is 0 Å². The van der Waals surface area contributed by atoms with E-state index in [1.165, 1.54) is 6.07 Å². The first-order chi connectivity index (χ1) is 10.2. The van der Waals surface area contributed by atoms with Crippen molar-refractivity contribution in [1.29, 1.82) is 0 Å². The number of alkyl halides is 3. The Bertz CT molecular complexity index is 724. The maximum atomic E-state index is 12.3. The van der Waals surface area contributed by atoms with Crippen molar-refractivity contribution in [1.82, 2.24) is 10.3 Å². The number of furan rings is 1. The van der Waals surface area contributed by atoms with E-state index >= 15 is 0 Å². The van der Waals surface area contributed by atoms with Gasteiger partial charge in [-0.05, 0) is 19.1 Å². The number of pyridine rings is 1. The molecule has 0 aliphatic heterocycles. The number of hydrogen-bond acceptors (Lipinski definition) is 4. The summed E-state index contributed by atoms with van der Waals surface area (Å²) in [4.78, 5) is 26.7. The van der Waals surface area contributed by atoms with E-state index in [2.05, 4.69) is 4.98 Å². The molecule has 1 unspecified atom stereocenters. The zero-order valence-corrected chi connectivity index (χ0v) is 11.3. The lowest BCUT2D eigenvalue weighted by Gasteiger charge is -2.15. The maximum absolute atomic E-state index is 12.3. The highest BCUT2D eigenvalue weighted by atomic mass is 19.4. The van der Waals surface area contributed by atoms with Gasteiger partial charge in [0, 0.05) is 11.8 Å². The Morgan fingerprint density at radius 2 is 2.09 bits per heavy atom. The molecule has 2 aromatic rings. The molecule has 6 nitrogen and oxygen atoms in total. The standard InChI is InChI=1S/C13H11F3N2O4/c1-6-2-3-9-7(17-6)4-10(22-9)11(19)18-8(12(20)21)5-13(14,15)16/h2-4,8H,5H2,1H3,(H,18,19)(H,20,21). The van der Waals surface area contributed by atoms with Crippen LogP contribution in [0.4, 0.5) is 13.2 Å². The molecule has 0 aromatic carbocycles. The van der Waals surface area contributed by atoms with Crippen molar-refractivity contribution in [2.24, 2.45) is 0 Å². The molecular formula is C13H11F3N2O4. The molecule has 0 saturated carbocycles. The summed E-state index contributed by atoms with van der Waals surface area (Å²) >= 11 is 0. The molecule has 0 spiro atoms. The molecule has 9 heteroatoms. The van der Waals surface area contributed by atoms with Crippen molar-refractivity contribution in [3.05, 3.63) is 29.7 Å². The third kappa shape index (κ3) is 3.74. The molecule has 0 fully saturated rings. The van der Waals surface area contributed by atoms with Gasteiger partial charge in [0.25, 0.3) is 5.91 Å². The van der Waals surface area contributed by atoms with Crippen LogP contribution in [0.1, 0.15) is 22.7 Å². The van der Waals surface area contributed by atoms with Crippen LogP contribution in [0.2, 0.25) is 0 Å². The van der Waals surface area contributed by atoms with Crippen LogP contribution in [0, 0.1) is 6.92 Å². The van der Waals surface area contributed by atoms with E-state index in [1.807, 2.05) is 0 Å². The fourth-order valence-corrected chi connectivity index (χ4v) is 1.80. The van der Waals surface area contributed by atoms with Gasteiger partial charge in [0.05, 0.1) is 6.42 Å². The van der Waals surface area contributed by atoms with Crippen molar-refractivity contribution >= 4 is 23.0 Å². The minimum absolute atomic E-state index is 0.276. The van der Waals surface area contributed by atoms with Gasteiger partial charge in [0.1, 0.15) is 11.6 Å². The quantitative estimate of drug-likeness (QED) is 0.902. The second kappa shape index (κ2) is 5.66. The molecule has 0 aliphatic rings. The lowest BCUT2D eigenvalue weighted by Crippen LogP contribution is -2.43. The highest BCUT2D eigenvalue weighted by Crippen LogP contribution is 2.22. The number of carbonyl (C=O) groups is 2. The summed E-state index contributed by atoms with van der Waals surface area (Å²) in [5.74, 6) is -3.13. The van der Waals surface area contributed by atoms with Gasteiger partial charge < -0.3 is 14.8 Å². The van der Waals surface area contributed by atoms with E-state index in [-0.39, 0.29) is 11.3 Å². The Kier molecular flexibility index (Phi) is 4.07. The Morgan fingerprint density at radius 3 is 2.68 bits per heavy atom. The number of aromatic nitrogens is 1. The van der Waals surface area contributed by atoms with Gasteiger partial charge in [-0.2, -0.15) is 13.2 Å². The van der Waals surface area contributed by atoms with Crippen molar-refractivity contribution < 1.29 is 32.3 Å². The molecule has 0 radical (unpaired) electrons. The smallest absolute Gasteiger partial charge is 0.391 e. The van der Waals surface area contributed by atoms with E-state index in [4.69, 9.17) is 9.52 Å². The normalized spacial score (nSPS) is 13.1. The monoisotopic (exact) mass is 316 g/mol. The molecule has 2 rings (SSSR count). The number of carbonyl (C=O) groups excluding carboxylic acids is 1. The molecule has 1 atom stereocenters. The topological polar surface area (TPSA) is 92.4 Å². The molecule has 22 heavy (non-hydrogen) atoms. The summed E-state index contributed by atoms with van der Waals surface area (Å²) < 4.78 is 42.0. The SMILES string of the molecule is Cc1ccc2oc(C(=O)NC(CC(F)(F)F)C(=O)O)cc2n1. The van der Waals surface area contributed by atoms with E-state index < -0.39 is 30.5 Å². The van der Waals surface area contributed by atoms with E-state index in [0.717, 1.165) is 0 Å². The molecule has 2 aromatic heterocycles. The first-order valence-corrected chi connectivity index (χ1v) is 6.13.